The smallest absolute Gasteiger partial charge is 0.304 e. The Morgan fingerprint density at radius 3 is 2.56 bits per heavy atom. The molecule has 0 heterocycles. The zero-order valence-corrected chi connectivity index (χ0v) is 9.10. The van der Waals surface area contributed by atoms with Crippen LogP contribution in [0.3, 0.4) is 0 Å². The second-order valence-electron chi connectivity index (χ2n) is 3.66. The first-order valence-electron chi connectivity index (χ1n) is 5.32. The Hall–Kier alpha value is -1.39. The number of rotatable bonds is 7. The summed E-state index contributed by atoms with van der Waals surface area (Å²) < 4.78 is 0. The molecular formula is C12H17NO3. The highest BCUT2D eigenvalue weighted by Crippen LogP contribution is 2.05. The lowest BCUT2D eigenvalue weighted by Gasteiger charge is -2.16. The molecule has 4 heteroatoms. The van der Waals surface area contributed by atoms with Gasteiger partial charge in [0.2, 0.25) is 0 Å². The number of carboxylic acids is 1. The molecule has 0 amide bonds. The second kappa shape index (κ2) is 6.98. The summed E-state index contributed by atoms with van der Waals surface area (Å²) in [7, 11) is 0. The second-order valence-corrected chi connectivity index (χ2v) is 3.66. The molecule has 1 aromatic carbocycles. The Morgan fingerprint density at radius 2 is 2.00 bits per heavy atom. The zero-order chi connectivity index (χ0) is 11.8. The minimum Gasteiger partial charge on any atom is -0.481 e. The van der Waals surface area contributed by atoms with Crippen LogP contribution >= 0.6 is 0 Å². The summed E-state index contributed by atoms with van der Waals surface area (Å²) in [6, 6.07) is 9.59. The predicted octanol–water partition coefficient (Wildman–Crippen LogP) is 0.654. The molecule has 3 N–H and O–H groups in total. The largest absolute Gasteiger partial charge is 0.481 e. The average molecular weight is 223 g/mol. The molecule has 0 aliphatic rings. The highest BCUT2D eigenvalue weighted by atomic mass is 16.4. The van der Waals surface area contributed by atoms with Crippen molar-refractivity contribution in [1.29, 1.82) is 0 Å². The molecule has 0 spiro atoms. The minimum atomic E-state index is -0.827. The van der Waals surface area contributed by atoms with Gasteiger partial charge in [-0.1, -0.05) is 30.3 Å². The summed E-state index contributed by atoms with van der Waals surface area (Å²) in [4.78, 5) is 10.7. The average Bonchev–Trinajstić information content (AvgIpc) is 2.26. The van der Waals surface area contributed by atoms with E-state index in [1.807, 2.05) is 30.3 Å². The van der Waals surface area contributed by atoms with Crippen LogP contribution in [0.5, 0.6) is 0 Å². The van der Waals surface area contributed by atoms with E-state index in [1.54, 1.807) is 0 Å². The van der Waals surface area contributed by atoms with Crippen LogP contribution < -0.4 is 5.32 Å². The third kappa shape index (κ3) is 4.91. The van der Waals surface area contributed by atoms with Crippen molar-refractivity contribution >= 4 is 5.97 Å². The van der Waals surface area contributed by atoms with Crippen LogP contribution in [-0.4, -0.2) is 35.4 Å². The van der Waals surface area contributed by atoms with Crippen LogP contribution in [0, 0.1) is 0 Å². The summed E-state index contributed by atoms with van der Waals surface area (Å²) in [5.41, 5.74) is 1.10. The lowest BCUT2D eigenvalue weighted by molar-refractivity contribution is -0.137. The Labute approximate surface area is 94.9 Å². The van der Waals surface area contributed by atoms with Gasteiger partial charge in [-0.3, -0.25) is 4.79 Å². The van der Waals surface area contributed by atoms with Crippen molar-refractivity contribution in [3.63, 3.8) is 0 Å². The first kappa shape index (κ1) is 12.7. The van der Waals surface area contributed by atoms with Gasteiger partial charge in [-0.25, -0.2) is 0 Å². The van der Waals surface area contributed by atoms with E-state index in [2.05, 4.69) is 5.32 Å². The molecule has 0 radical (unpaired) electrons. The Bertz CT molecular complexity index is 313. The van der Waals surface area contributed by atoms with Crippen molar-refractivity contribution in [2.75, 3.05) is 13.2 Å². The van der Waals surface area contributed by atoms with E-state index in [0.717, 1.165) is 5.56 Å². The van der Waals surface area contributed by atoms with Gasteiger partial charge in [-0.15, -0.1) is 0 Å². The maximum absolute atomic E-state index is 10.7. The van der Waals surface area contributed by atoms with Crippen LogP contribution in [0.4, 0.5) is 0 Å². The minimum absolute atomic E-state index is 0.0188. The van der Waals surface area contributed by atoms with Crippen LogP contribution in [0.2, 0.25) is 0 Å². The first-order valence-corrected chi connectivity index (χ1v) is 5.32. The maximum atomic E-state index is 10.7. The summed E-state index contributed by atoms with van der Waals surface area (Å²) in [6.45, 7) is 0.440. The number of aliphatic carboxylic acids is 1. The fourth-order valence-corrected chi connectivity index (χ4v) is 1.59. The summed E-state index contributed by atoms with van der Waals surface area (Å²) in [5, 5.41) is 20.5. The van der Waals surface area contributed by atoms with Crippen molar-refractivity contribution in [2.45, 2.75) is 18.9 Å². The molecule has 16 heavy (non-hydrogen) atoms. The number of carboxylic acid groups (broad SMARTS) is 1. The predicted molar refractivity (Wildman–Crippen MR) is 61.3 cm³/mol. The number of benzene rings is 1. The third-order valence-corrected chi connectivity index (χ3v) is 2.29. The van der Waals surface area contributed by atoms with Crippen molar-refractivity contribution in [3.8, 4) is 0 Å². The zero-order valence-electron chi connectivity index (χ0n) is 9.10. The Morgan fingerprint density at radius 1 is 1.31 bits per heavy atom. The third-order valence-electron chi connectivity index (χ3n) is 2.29. The SMILES string of the molecule is O=C(O)CC(Cc1ccccc1)NCCO. The van der Waals surface area contributed by atoms with Gasteiger partial charge in [0.1, 0.15) is 0 Å². The summed E-state index contributed by atoms with van der Waals surface area (Å²) in [5.74, 6) is -0.827. The Balaban J connectivity index is 2.52. The van der Waals surface area contributed by atoms with Crippen molar-refractivity contribution in [3.05, 3.63) is 35.9 Å². The molecule has 0 saturated carbocycles. The fourth-order valence-electron chi connectivity index (χ4n) is 1.59. The lowest BCUT2D eigenvalue weighted by Crippen LogP contribution is -2.35. The highest BCUT2D eigenvalue weighted by Gasteiger charge is 2.12. The number of hydrogen-bond donors (Lipinski definition) is 3. The Kier molecular flexibility index (Phi) is 5.53. The molecule has 0 saturated heterocycles. The van der Waals surface area contributed by atoms with Crippen LogP contribution in [0.1, 0.15) is 12.0 Å². The molecule has 1 atom stereocenters. The van der Waals surface area contributed by atoms with Gasteiger partial charge in [-0.05, 0) is 12.0 Å². The summed E-state index contributed by atoms with van der Waals surface area (Å²) >= 11 is 0. The molecule has 0 fully saturated rings. The van der Waals surface area contributed by atoms with E-state index in [9.17, 15) is 4.79 Å². The van der Waals surface area contributed by atoms with Gasteiger partial charge in [0.05, 0.1) is 13.0 Å². The molecule has 1 rings (SSSR count). The van der Waals surface area contributed by atoms with Crippen molar-refractivity contribution in [2.24, 2.45) is 0 Å². The van der Waals surface area contributed by atoms with E-state index in [4.69, 9.17) is 10.2 Å². The number of hydrogen-bond acceptors (Lipinski definition) is 3. The highest BCUT2D eigenvalue weighted by molar-refractivity contribution is 5.67. The molecule has 0 aliphatic carbocycles. The van der Waals surface area contributed by atoms with Crippen LogP contribution in [0.15, 0.2) is 30.3 Å². The number of aliphatic hydroxyl groups excluding tert-OH is 1. The molecular weight excluding hydrogens is 206 g/mol. The van der Waals surface area contributed by atoms with E-state index in [1.165, 1.54) is 0 Å². The number of nitrogens with one attached hydrogen (secondary N) is 1. The monoisotopic (exact) mass is 223 g/mol. The van der Waals surface area contributed by atoms with E-state index >= 15 is 0 Å². The normalized spacial score (nSPS) is 12.3. The molecule has 0 aromatic heterocycles. The molecule has 4 nitrogen and oxygen atoms in total. The van der Waals surface area contributed by atoms with Crippen LogP contribution in [-0.2, 0) is 11.2 Å². The quantitative estimate of drug-likeness (QED) is 0.635. The molecule has 0 aliphatic heterocycles. The van der Waals surface area contributed by atoms with Gasteiger partial charge in [0.15, 0.2) is 0 Å². The molecule has 1 aromatic rings. The van der Waals surface area contributed by atoms with E-state index in [0.29, 0.717) is 13.0 Å². The fraction of sp³-hybridized carbons (Fsp3) is 0.417. The van der Waals surface area contributed by atoms with Crippen LogP contribution in [0.25, 0.3) is 0 Å². The lowest BCUT2D eigenvalue weighted by atomic mass is 10.0. The first-order chi connectivity index (χ1) is 7.72. The van der Waals surface area contributed by atoms with Gasteiger partial charge in [0, 0.05) is 12.6 Å². The van der Waals surface area contributed by atoms with Crippen molar-refractivity contribution in [1.82, 2.24) is 5.32 Å². The van der Waals surface area contributed by atoms with Gasteiger partial charge >= 0.3 is 5.97 Å². The maximum Gasteiger partial charge on any atom is 0.304 e. The molecule has 88 valence electrons. The molecule has 0 bridgehead atoms. The standard InChI is InChI=1S/C12H17NO3/c14-7-6-13-11(9-12(15)16)8-10-4-2-1-3-5-10/h1-5,11,13-14H,6-9H2,(H,15,16). The summed E-state index contributed by atoms with van der Waals surface area (Å²) in [6.07, 6.45) is 0.724. The van der Waals surface area contributed by atoms with Gasteiger partial charge in [-0.2, -0.15) is 0 Å². The topological polar surface area (TPSA) is 69.6 Å². The van der Waals surface area contributed by atoms with E-state index < -0.39 is 5.97 Å². The number of aliphatic hydroxyl groups is 1. The van der Waals surface area contributed by atoms with Crippen molar-refractivity contribution < 1.29 is 15.0 Å². The van der Waals surface area contributed by atoms with Gasteiger partial charge < -0.3 is 15.5 Å². The molecule has 1 unspecified atom stereocenters. The van der Waals surface area contributed by atoms with E-state index in [-0.39, 0.29) is 19.1 Å². The van der Waals surface area contributed by atoms with Gasteiger partial charge in [0.25, 0.3) is 0 Å². The number of carbonyl (C=O) groups is 1.